The molecule has 1 aromatic rings. The predicted octanol–water partition coefficient (Wildman–Crippen LogP) is 1.37. The molecule has 0 bridgehead atoms. The second-order valence-corrected chi connectivity index (χ2v) is 3.42. The second kappa shape index (κ2) is 4.17. The SMILES string of the molecule is O=C1CCC(Oc2cccnn2)CC1. The van der Waals surface area contributed by atoms with Gasteiger partial charge in [-0.2, -0.15) is 5.10 Å². The molecule has 74 valence electrons. The smallest absolute Gasteiger partial charge is 0.233 e. The van der Waals surface area contributed by atoms with Gasteiger partial charge < -0.3 is 4.74 Å². The number of aromatic nitrogens is 2. The molecule has 0 atom stereocenters. The van der Waals surface area contributed by atoms with Crippen LogP contribution < -0.4 is 4.74 Å². The van der Waals surface area contributed by atoms with Crippen LogP contribution in [0, 0.1) is 0 Å². The zero-order valence-electron chi connectivity index (χ0n) is 7.85. The Balaban J connectivity index is 1.89. The van der Waals surface area contributed by atoms with Gasteiger partial charge in [-0.15, -0.1) is 5.10 Å². The zero-order chi connectivity index (χ0) is 9.80. The Morgan fingerprint density at radius 1 is 1.36 bits per heavy atom. The zero-order valence-corrected chi connectivity index (χ0v) is 7.85. The topological polar surface area (TPSA) is 52.1 Å². The van der Waals surface area contributed by atoms with Gasteiger partial charge in [-0.05, 0) is 18.9 Å². The number of ether oxygens (including phenoxy) is 1. The molecule has 2 rings (SSSR count). The van der Waals surface area contributed by atoms with Crippen LogP contribution in [0.5, 0.6) is 5.88 Å². The predicted molar refractivity (Wildman–Crippen MR) is 49.9 cm³/mol. The van der Waals surface area contributed by atoms with Crippen LogP contribution in [0.4, 0.5) is 0 Å². The van der Waals surface area contributed by atoms with Crippen LogP contribution in [-0.4, -0.2) is 22.1 Å². The van der Waals surface area contributed by atoms with Crippen molar-refractivity contribution in [1.29, 1.82) is 0 Å². The third kappa shape index (κ3) is 2.28. The molecule has 14 heavy (non-hydrogen) atoms. The number of ketones is 1. The van der Waals surface area contributed by atoms with E-state index in [-0.39, 0.29) is 6.10 Å². The van der Waals surface area contributed by atoms with Crippen molar-refractivity contribution >= 4 is 5.78 Å². The molecule has 0 spiro atoms. The number of hydrogen-bond donors (Lipinski definition) is 0. The summed E-state index contributed by atoms with van der Waals surface area (Å²) in [7, 11) is 0. The van der Waals surface area contributed by atoms with Gasteiger partial charge in [0.15, 0.2) is 0 Å². The monoisotopic (exact) mass is 192 g/mol. The maximum atomic E-state index is 11.0. The molecular formula is C10H12N2O2. The Morgan fingerprint density at radius 2 is 2.14 bits per heavy atom. The lowest BCUT2D eigenvalue weighted by atomic mass is 9.97. The van der Waals surface area contributed by atoms with Crippen molar-refractivity contribution in [3.8, 4) is 5.88 Å². The van der Waals surface area contributed by atoms with Gasteiger partial charge in [-0.25, -0.2) is 0 Å². The first-order valence-corrected chi connectivity index (χ1v) is 4.80. The minimum absolute atomic E-state index is 0.129. The van der Waals surface area contributed by atoms with E-state index < -0.39 is 0 Å². The summed E-state index contributed by atoms with van der Waals surface area (Å²) in [6.07, 6.45) is 4.60. The highest BCUT2D eigenvalue weighted by Gasteiger charge is 2.20. The van der Waals surface area contributed by atoms with Gasteiger partial charge in [0.2, 0.25) is 5.88 Å². The number of carbonyl (C=O) groups excluding carboxylic acids is 1. The molecule has 4 nitrogen and oxygen atoms in total. The Labute approximate surface area is 82.3 Å². The van der Waals surface area contributed by atoms with Crippen molar-refractivity contribution in [2.24, 2.45) is 0 Å². The van der Waals surface area contributed by atoms with Crippen molar-refractivity contribution in [3.05, 3.63) is 18.3 Å². The molecule has 4 heteroatoms. The molecule has 0 unspecified atom stereocenters. The lowest BCUT2D eigenvalue weighted by Gasteiger charge is -2.21. The molecule has 1 heterocycles. The van der Waals surface area contributed by atoms with Crippen LogP contribution in [0.3, 0.4) is 0 Å². The molecule has 0 N–H and O–H groups in total. The summed E-state index contributed by atoms with van der Waals surface area (Å²) in [6, 6.07) is 3.57. The van der Waals surface area contributed by atoms with Crippen LogP contribution in [0.25, 0.3) is 0 Å². The van der Waals surface area contributed by atoms with Crippen LogP contribution in [-0.2, 0) is 4.79 Å². The summed E-state index contributed by atoms with van der Waals surface area (Å²) in [4.78, 5) is 11.0. The maximum Gasteiger partial charge on any atom is 0.233 e. The van der Waals surface area contributed by atoms with E-state index in [9.17, 15) is 4.79 Å². The fraction of sp³-hybridized carbons (Fsp3) is 0.500. The lowest BCUT2D eigenvalue weighted by Crippen LogP contribution is -2.24. The number of nitrogens with zero attached hydrogens (tertiary/aromatic N) is 2. The third-order valence-corrected chi connectivity index (χ3v) is 2.33. The summed E-state index contributed by atoms with van der Waals surface area (Å²) in [5, 5.41) is 7.56. The van der Waals surface area contributed by atoms with E-state index in [1.165, 1.54) is 0 Å². The average molecular weight is 192 g/mol. The molecule has 0 saturated heterocycles. The van der Waals surface area contributed by atoms with Gasteiger partial charge >= 0.3 is 0 Å². The van der Waals surface area contributed by atoms with Crippen molar-refractivity contribution in [3.63, 3.8) is 0 Å². The van der Waals surface area contributed by atoms with Crippen molar-refractivity contribution in [2.45, 2.75) is 31.8 Å². The van der Waals surface area contributed by atoms with Gasteiger partial charge in [0.05, 0.1) is 0 Å². The van der Waals surface area contributed by atoms with Gasteiger partial charge in [0.25, 0.3) is 0 Å². The molecule has 0 aliphatic heterocycles. The van der Waals surface area contributed by atoms with E-state index >= 15 is 0 Å². The van der Waals surface area contributed by atoms with Crippen LogP contribution in [0.2, 0.25) is 0 Å². The fourth-order valence-electron chi connectivity index (χ4n) is 1.55. The summed E-state index contributed by atoms with van der Waals surface area (Å²) in [6.45, 7) is 0. The third-order valence-electron chi connectivity index (χ3n) is 2.33. The quantitative estimate of drug-likeness (QED) is 0.710. The van der Waals surface area contributed by atoms with Gasteiger partial charge in [0, 0.05) is 25.1 Å². The Morgan fingerprint density at radius 3 is 2.79 bits per heavy atom. The molecule has 1 aromatic heterocycles. The first-order valence-electron chi connectivity index (χ1n) is 4.80. The highest BCUT2D eigenvalue weighted by Crippen LogP contribution is 2.19. The van der Waals surface area contributed by atoms with Crippen molar-refractivity contribution in [1.82, 2.24) is 10.2 Å². The fourth-order valence-corrected chi connectivity index (χ4v) is 1.55. The number of carbonyl (C=O) groups is 1. The number of hydrogen-bond acceptors (Lipinski definition) is 4. The summed E-state index contributed by atoms with van der Waals surface area (Å²) >= 11 is 0. The van der Waals surface area contributed by atoms with E-state index in [1.54, 1.807) is 18.3 Å². The van der Waals surface area contributed by atoms with Crippen LogP contribution in [0.1, 0.15) is 25.7 Å². The Hall–Kier alpha value is -1.45. The first-order chi connectivity index (χ1) is 6.84. The molecule has 1 aliphatic rings. The Bertz CT molecular complexity index is 303. The van der Waals surface area contributed by atoms with E-state index in [0.29, 0.717) is 24.5 Å². The highest BCUT2D eigenvalue weighted by atomic mass is 16.5. The molecule has 1 saturated carbocycles. The van der Waals surface area contributed by atoms with Crippen LogP contribution in [0.15, 0.2) is 18.3 Å². The molecule has 0 radical (unpaired) electrons. The van der Waals surface area contributed by atoms with Crippen molar-refractivity contribution < 1.29 is 9.53 Å². The highest BCUT2D eigenvalue weighted by molar-refractivity contribution is 5.79. The Kier molecular flexibility index (Phi) is 2.72. The number of Topliss-reactive ketones (excluding diaryl/α,β-unsaturated/α-hetero) is 1. The largest absolute Gasteiger partial charge is 0.473 e. The average Bonchev–Trinajstić information content (AvgIpc) is 2.23. The van der Waals surface area contributed by atoms with Gasteiger partial charge in [0.1, 0.15) is 11.9 Å². The van der Waals surface area contributed by atoms with E-state index in [2.05, 4.69) is 10.2 Å². The maximum absolute atomic E-state index is 11.0. The van der Waals surface area contributed by atoms with Gasteiger partial charge in [-0.1, -0.05) is 0 Å². The van der Waals surface area contributed by atoms with E-state index in [1.807, 2.05) is 0 Å². The molecule has 1 fully saturated rings. The van der Waals surface area contributed by atoms with Crippen LogP contribution >= 0.6 is 0 Å². The first kappa shape index (κ1) is 9.12. The standard InChI is InChI=1S/C10H12N2O2/c13-8-3-5-9(6-4-8)14-10-2-1-7-11-12-10/h1-2,7,9H,3-6H2. The summed E-state index contributed by atoms with van der Waals surface area (Å²) < 4.78 is 5.58. The summed E-state index contributed by atoms with van der Waals surface area (Å²) in [5.41, 5.74) is 0. The van der Waals surface area contributed by atoms with E-state index in [4.69, 9.17) is 4.74 Å². The molecule has 1 aliphatic carbocycles. The molecular weight excluding hydrogens is 180 g/mol. The minimum atomic E-state index is 0.129. The summed E-state index contributed by atoms with van der Waals surface area (Å²) in [5.74, 6) is 0.885. The normalized spacial score (nSPS) is 18.1. The minimum Gasteiger partial charge on any atom is -0.473 e. The van der Waals surface area contributed by atoms with Gasteiger partial charge in [-0.3, -0.25) is 4.79 Å². The molecule has 0 aromatic carbocycles. The lowest BCUT2D eigenvalue weighted by molar-refractivity contribution is -0.121. The van der Waals surface area contributed by atoms with E-state index in [0.717, 1.165) is 12.8 Å². The molecule has 0 amide bonds. The number of rotatable bonds is 2. The second-order valence-electron chi connectivity index (χ2n) is 3.42. The van der Waals surface area contributed by atoms with Crippen molar-refractivity contribution in [2.75, 3.05) is 0 Å².